The lowest BCUT2D eigenvalue weighted by Gasteiger charge is -2.20. The first-order valence-corrected chi connectivity index (χ1v) is 11.3. The van der Waals surface area contributed by atoms with E-state index in [4.69, 9.17) is 16.3 Å². The van der Waals surface area contributed by atoms with Crippen molar-refractivity contribution in [3.63, 3.8) is 0 Å². The molecule has 0 unspecified atom stereocenters. The average Bonchev–Trinajstić information content (AvgIpc) is 3.36. The third-order valence-electron chi connectivity index (χ3n) is 6.41. The lowest BCUT2D eigenvalue weighted by atomic mass is 10.1. The number of hydrogen-bond donors (Lipinski definition) is 1. The molecule has 7 nitrogen and oxygen atoms in total. The van der Waals surface area contributed by atoms with Gasteiger partial charge >= 0.3 is 11.9 Å². The SMILES string of the molecule is C[C@H](Oc1cc(-n2nc3n(c2=O)CC2(CC2)C3)c(F)cc1C(=O)Nc1c(F)cccc1Cl)C(F)(F)F. The summed E-state index contributed by atoms with van der Waals surface area (Å²) in [7, 11) is 0. The van der Waals surface area contributed by atoms with Crippen LogP contribution in [-0.4, -0.2) is 32.5 Å². The average molecular weight is 529 g/mol. The number of para-hydroxylation sites is 1. The maximum absolute atomic E-state index is 15.2. The minimum absolute atomic E-state index is 0.00543. The van der Waals surface area contributed by atoms with Crippen molar-refractivity contribution in [1.29, 1.82) is 0 Å². The first-order valence-electron chi connectivity index (χ1n) is 10.9. The van der Waals surface area contributed by atoms with Crippen molar-refractivity contribution in [1.82, 2.24) is 14.3 Å². The highest BCUT2D eigenvalue weighted by molar-refractivity contribution is 6.34. The van der Waals surface area contributed by atoms with Crippen LogP contribution in [0.5, 0.6) is 5.75 Å². The molecule has 190 valence electrons. The Morgan fingerprint density at radius 2 is 1.94 bits per heavy atom. The Hall–Kier alpha value is -3.41. The molecule has 2 heterocycles. The highest BCUT2D eigenvalue weighted by Crippen LogP contribution is 2.52. The van der Waals surface area contributed by atoms with Gasteiger partial charge in [-0.25, -0.2) is 13.6 Å². The van der Waals surface area contributed by atoms with Crippen LogP contribution in [0, 0.1) is 17.0 Å². The molecule has 1 aliphatic carbocycles. The van der Waals surface area contributed by atoms with Gasteiger partial charge in [0, 0.05) is 19.0 Å². The molecule has 1 fully saturated rings. The molecule has 0 radical (unpaired) electrons. The molecule has 2 aliphatic rings. The number of carbonyl (C=O) groups excluding carboxylic acids is 1. The topological polar surface area (TPSA) is 78.2 Å². The summed E-state index contributed by atoms with van der Waals surface area (Å²) in [5.41, 5.74) is -2.25. The van der Waals surface area contributed by atoms with Crippen LogP contribution in [-0.2, 0) is 13.0 Å². The van der Waals surface area contributed by atoms with Crippen LogP contribution in [0.3, 0.4) is 0 Å². The molecule has 1 saturated carbocycles. The van der Waals surface area contributed by atoms with Crippen LogP contribution in [0.25, 0.3) is 5.69 Å². The number of rotatable bonds is 5. The molecule has 3 aromatic rings. The van der Waals surface area contributed by atoms with Crippen LogP contribution in [0.1, 0.15) is 35.9 Å². The monoisotopic (exact) mass is 528 g/mol. The molecule has 1 aliphatic heterocycles. The van der Waals surface area contributed by atoms with Crippen molar-refractivity contribution in [3.05, 3.63) is 68.9 Å². The molecular formula is C23H18ClF5N4O3. The molecule has 0 saturated heterocycles. The van der Waals surface area contributed by atoms with Crippen LogP contribution in [0.4, 0.5) is 27.6 Å². The minimum atomic E-state index is -4.82. The summed E-state index contributed by atoms with van der Waals surface area (Å²) in [4.78, 5) is 25.8. The molecule has 36 heavy (non-hydrogen) atoms. The van der Waals surface area contributed by atoms with E-state index in [9.17, 15) is 27.2 Å². The maximum atomic E-state index is 15.2. The summed E-state index contributed by atoms with van der Waals surface area (Å²) in [5, 5.41) is 6.12. The molecular weight excluding hydrogens is 511 g/mol. The molecule has 1 amide bonds. The molecule has 1 N–H and O–H groups in total. The number of nitrogens with one attached hydrogen (secondary N) is 1. The quantitative estimate of drug-likeness (QED) is 0.479. The number of fused-ring (bicyclic) bond motifs is 1. The molecule has 0 bridgehead atoms. The predicted octanol–water partition coefficient (Wildman–Crippen LogP) is 4.88. The summed E-state index contributed by atoms with van der Waals surface area (Å²) in [5.74, 6) is -3.44. The fourth-order valence-corrected chi connectivity index (χ4v) is 4.37. The summed E-state index contributed by atoms with van der Waals surface area (Å²) in [6.07, 6.45) is -4.77. The van der Waals surface area contributed by atoms with Gasteiger partial charge in [-0.2, -0.15) is 17.9 Å². The minimum Gasteiger partial charge on any atom is -0.480 e. The Balaban J connectivity index is 1.56. The Morgan fingerprint density at radius 3 is 2.56 bits per heavy atom. The summed E-state index contributed by atoms with van der Waals surface area (Å²) in [6.45, 7) is 1.13. The van der Waals surface area contributed by atoms with Gasteiger partial charge in [0.25, 0.3) is 5.91 Å². The number of halogens is 6. The number of alkyl halides is 3. The first-order chi connectivity index (χ1) is 16.9. The van der Waals surface area contributed by atoms with E-state index in [0.29, 0.717) is 31.8 Å². The van der Waals surface area contributed by atoms with Crippen LogP contribution in [0.15, 0.2) is 35.1 Å². The Bertz CT molecular complexity index is 1420. The molecule has 13 heteroatoms. The first kappa shape index (κ1) is 24.3. The van der Waals surface area contributed by atoms with Crippen LogP contribution >= 0.6 is 11.6 Å². The van der Waals surface area contributed by atoms with Gasteiger partial charge < -0.3 is 10.1 Å². The van der Waals surface area contributed by atoms with Gasteiger partial charge in [-0.1, -0.05) is 17.7 Å². The van der Waals surface area contributed by atoms with E-state index < -0.39 is 58.2 Å². The number of benzene rings is 2. The Morgan fingerprint density at radius 1 is 1.22 bits per heavy atom. The summed E-state index contributed by atoms with van der Waals surface area (Å²) >= 11 is 5.90. The summed E-state index contributed by atoms with van der Waals surface area (Å²) < 4.78 is 76.2. The Kier molecular flexibility index (Phi) is 5.62. The van der Waals surface area contributed by atoms with E-state index in [1.54, 1.807) is 0 Å². The van der Waals surface area contributed by atoms with Gasteiger partial charge in [-0.15, -0.1) is 5.10 Å². The third-order valence-corrected chi connectivity index (χ3v) is 6.73. The molecule has 1 aromatic heterocycles. The van der Waals surface area contributed by atoms with Gasteiger partial charge in [0.2, 0.25) is 0 Å². The number of ether oxygens (including phenoxy) is 1. The molecule has 1 spiro atoms. The third kappa shape index (κ3) is 4.23. The van der Waals surface area contributed by atoms with Crippen molar-refractivity contribution in [2.45, 2.75) is 45.0 Å². The lowest BCUT2D eigenvalue weighted by molar-refractivity contribution is -0.189. The van der Waals surface area contributed by atoms with Crippen molar-refractivity contribution in [3.8, 4) is 11.4 Å². The number of anilines is 1. The largest absolute Gasteiger partial charge is 0.480 e. The standard InChI is InChI=1S/C23H18ClF5N4O3/c1-11(23(27,28)29)36-17-8-16(33-21(35)32-10-22(5-6-22)9-18(32)31-33)15(26)7-12(17)20(34)30-19-13(24)3-2-4-14(19)25/h2-4,7-8,11H,5-6,9-10H2,1H3,(H,30,34)/t11-/m0/s1. The van der Waals surface area contributed by atoms with Gasteiger partial charge in [0.15, 0.2) is 6.10 Å². The van der Waals surface area contributed by atoms with E-state index in [1.807, 2.05) is 0 Å². The van der Waals surface area contributed by atoms with Gasteiger partial charge in [-0.05, 0) is 43.4 Å². The van der Waals surface area contributed by atoms with Crippen LogP contribution in [0.2, 0.25) is 5.02 Å². The van der Waals surface area contributed by atoms with Crippen molar-refractivity contribution >= 4 is 23.2 Å². The van der Waals surface area contributed by atoms with E-state index in [1.165, 1.54) is 16.7 Å². The van der Waals surface area contributed by atoms with E-state index in [2.05, 4.69) is 10.4 Å². The second-order valence-corrected chi connectivity index (χ2v) is 9.43. The second kappa shape index (κ2) is 8.32. The van der Waals surface area contributed by atoms with Gasteiger partial charge in [-0.3, -0.25) is 9.36 Å². The number of aromatic nitrogens is 3. The van der Waals surface area contributed by atoms with Crippen molar-refractivity contribution < 1.29 is 31.5 Å². The van der Waals surface area contributed by atoms with Gasteiger partial charge in [0.1, 0.15) is 28.9 Å². The van der Waals surface area contributed by atoms with Gasteiger partial charge in [0.05, 0.1) is 16.3 Å². The zero-order valence-corrected chi connectivity index (χ0v) is 19.4. The van der Waals surface area contributed by atoms with Crippen molar-refractivity contribution in [2.75, 3.05) is 5.32 Å². The predicted molar refractivity (Wildman–Crippen MR) is 119 cm³/mol. The zero-order chi connectivity index (χ0) is 26.0. The lowest BCUT2D eigenvalue weighted by Crippen LogP contribution is -2.32. The molecule has 1 atom stereocenters. The van der Waals surface area contributed by atoms with Crippen molar-refractivity contribution in [2.24, 2.45) is 5.41 Å². The normalized spacial score (nSPS) is 16.6. The highest BCUT2D eigenvalue weighted by atomic mass is 35.5. The zero-order valence-electron chi connectivity index (χ0n) is 18.6. The van der Waals surface area contributed by atoms with E-state index in [0.717, 1.165) is 29.7 Å². The highest BCUT2D eigenvalue weighted by Gasteiger charge is 2.49. The summed E-state index contributed by atoms with van der Waals surface area (Å²) in [6, 6.07) is 4.98. The number of carbonyl (C=O) groups is 1. The van der Waals surface area contributed by atoms with E-state index >= 15 is 4.39 Å². The fraction of sp³-hybridized carbons (Fsp3) is 0.348. The molecule has 2 aromatic carbocycles. The smallest absolute Gasteiger partial charge is 0.425 e. The maximum Gasteiger partial charge on any atom is 0.425 e. The van der Waals surface area contributed by atoms with E-state index in [-0.39, 0.29) is 10.4 Å². The Labute approximate surface area is 205 Å². The van der Waals surface area contributed by atoms with Crippen LogP contribution < -0.4 is 15.7 Å². The fourth-order valence-electron chi connectivity index (χ4n) is 4.16. The molecule has 5 rings (SSSR count). The number of hydrogen-bond acceptors (Lipinski definition) is 4. The number of amides is 1. The number of nitrogens with zero attached hydrogens (tertiary/aromatic N) is 3. The second-order valence-electron chi connectivity index (χ2n) is 9.03.